The lowest BCUT2D eigenvalue weighted by Crippen LogP contribution is -2.06. The Bertz CT molecular complexity index is 337. The van der Waals surface area contributed by atoms with Crippen LogP contribution < -0.4 is 0 Å². The van der Waals surface area contributed by atoms with Crippen molar-refractivity contribution in [1.29, 1.82) is 0 Å². The summed E-state index contributed by atoms with van der Waals surface area (Å²) in [5, 5.41) is 0. The van der Waals surface area contributed by atoms with Gasteiger partial charge < -0.3 is 9.47 Å². The molecular weight excluding hydrogens is 224 g/mol. The van der Waals surface area contributed by atoms with Gasteiger partial charge in [0.05, 0.1) is 12.4 Å². The summed E-state index contributed by atoms with van der Waals surface area (Å²) in [7, 11) is 0. The van der Waals surface area contributed by atoms with Gasteiger partial charge in [-0.1, -0.05) is 40.9 Å². The summed E-state index contributed by atoms with van der Waals surface area (Å²) >= 11 is 0. The van der Waals surface area contributed by atoms with Gasteiger partial charge >= 0.3 is 0 Å². The monoisotopic (exact) mass is 250 g/mol. The van der Waals surface area contributed by atoms with E-state index < -0.39 is 0 Å². The van der Waals surface area contributed by atoms with Crippen LogP contribution in [0.5, 0.6) is 0 Å². The molecule has 2 heterocycles. The molecule has 1 fully saturated rings. The smallest absolute Gasteiger partial charge is 0.112 e. The maximum atomic E-state index is 5.23. The topological polar surface area (TPSA) is 18.5 Å². The van der Waals surface area contributed by atoms with E-state index in [4.69, 9.17) is 9.47 Å². The Labute approximate surface area is 111 Å². The Morgan fingerprint density at radius 3 is 2.06 bits per heavy atom. The number of allylic oxidation sites excluding steroid dienone is 2. The van der Waals surface area contributed by atoms with Crippen LogP contribution in [0.3, 0.4) is 0 Å². The molecule has 0 N–H and O–H groups in total. The average Bonchev–Trinajstić information content (AvgIpc) is 2.88. The van der Waals surface area contributed by atoms with Gasteiger partial charge in [0, 0.05) is 12.3 Å². The molecule has 0 saturated carbocycles. The third-order valence-corrected chi connectivity index (χ3v) is 3.45. The highest BCUT2D eigenvalue weighted by atomic mass is 16.5. The lowest BCUT2D eigenvalue weighted by molar-refractivity contribution is 0.223. The van der Waals surface area contributed by atoms with E-state index in [1.54, 1.807) is 0 Å². The Morgan fingerprint density at radius 1 is 1.17 bits per heavy atom. The van der Waals surface area contributed by atoms with Crippen LogP contribution in [0.4, 0.5) is 0 Å². The van der Waals surface area contributed by atoms with Crippen molar-refractivity contribution in [1.82, 2.24) is 0 Å². The number of rotatable bonds is 2. The molecule has 1 atom stereocenters. The summed E-state index contributed by atoms with van der Waals surface area (Å²) in [5.41, 5.74) is 1.35. The van der Waals surface area contributed by atoms with Crippen LogP contribution in [-0.4, -0.2) is 13.2 Å². The summed E-state index contributed by atoms with van der Waals surface area (Å²) in [6, 6.07) is 0. The largest absolute Gasteiger partial charge is 0.498 e. The van der Waals surface area contributed by atoms with Gasteiger partial charge in [-0.2, -0.15) is 0 Å². The SMILES string of the molecule is C=C1C=C(C(C)C)CO1.C=C1CC(C(C)C)CO1. The standard InChI is InChI=1S/C8H14O.C8H12O/c2*1-6(2)8-4-7(3)9-5-8/h6,8H,3-5H2,1-2H3;4,6H,3,5H2,1-2H3. The predicted octanol–water partition coefficient (Wildman–Crippen LogP) is 4.31. The van der Waals surface area contributed by atoms with E-state index in [-0.39, 0.29) is 0 Å². The fourth-order valence-electron chi connectivity index (χ4n) is 1.86. The van der Waals surface area contributed by atoms with Crippen molar-refractivity contribution in [3.05, 3.63) is 36.3 Å². The summed E-state index contributed by atoms with van der Waals surface area (Å²) in [5.74, 6) is 3.83. The second-order valence-corrected chi connectivity index (χ2v) is 5.69. The maximum Gasteiger partial charge on any atom is 0.112 e. The van der Waals surface area contributed by atoms with Crippen LogP contribution in [0.2, 0.25) is 0 Å². The van der Waals surface area contributed by atoms with Crippen molar-refractivity contribution >= 4 is 0 Å². The quantitative estimate of drug-likeness (QED) is 0.727. The van der Waals surface area contributed by atoms with Gasteiger partial charge in [-0.25, -0.2) is 0 Å². The summed E-state index contributed by atoms with van der Waals surface area (Å²) < 4.78 is 10.4. The number of hydrogen-bond donors (Lipinski definition) is 0. The van der Waals surface area contributed by atoms with Crippen molar-refractivity contribution in [2.75, 3.05) is 13.2 Å². The molecule has 0 aromatic rings. The van der Waals surface area contributed by atoms with Crippen LogP contribution in [0.15, 0.2) is 36.3 Å². The molecule has 0 bridgehead atoms. The first-order valence-corrected chi connectivity index (χ1v) is 6.73. The molecule has 1 unspecified atom stereocenters. The zero-order chi connectivity index (χ0) is 13.7. The average molecular weight is 250 g/mol. The van der Waals surface area contributed by atoms with E-state index in [1.165, 1.54) is 5.57 Å². The molecule has 2 aliphatic rings. The van der Waals surface area contributed by atoms with Crippen LogP contribution in [0.25, 0.3) is 0 Å². The lowest BCUT2D eigenvalue weighted by atomic mass is 9.95. The fourth-order valence-corrected chi connectivity index (χ4v) is 1.86. The van der Waals surface area contributed by atoms with Crippen LogP contribution in [0, 0.1) is 17.8 Å². The predicted molar refractivity (Wildman–Crippen MR) is 76.1 cm³/mol. The highest BCUT2D eigenvalue weighted by Crippen LogP contribution is 2.27. The van der Waals surface area contributed by atoms with Crippen molar-refractivity contribution in [3.63, 3.8) is 0 Å². The second-order valence-electron chi connectivity index (χ2n) is 5.69. The fraction of sp³-hybridized carbons (Fsp3) is 0.625. The van der Waals surface area contributed by atoms with E-state index >= 15 is 0 Å². The minimum absolute atomic E-state index is 0.601. The molecule has 0 aromatic heterocycles. The number of ether oxygens (including phenoxy) is 2. The van der Waals surface area contributed by atoms with E-state index in [0.717, 1.165) is 43.0 Å². The molecule has 2 nitrogen and oxygen atoms in total. The van der Waals surface area contributed by atoms with Crippen molar-refractivity contribution in [2.24, 2.45) is 17.8 Å². The molecule has 0 spiro atoms. The second kappa shape index (κ2) is 6.67. The normalized spacial score (nSPS) is 22.6. The Balaban J connectivity index is 0.000000180. The Morgan fingerprint density at radius 2 is 1.83 bits per heavy atom. The maximum absolute atomic E-state index is 5.23. The third-order valence-electron chi connectivity index (χ3n) is 3.45. The van der Waals surface area contributed by atoms with Crippen molar-refractivity contribution < 1.29 is 9.47 Å². The van der Waals surface area contributed by atoms with Gasteiger partial charge in [0.2, 0.25) is 0 Å². The van der Waals surface area contributed by atoms with Gasteiger partial charge in [0.15, 0.2) is 0 Å². The molecule has 2 heteroatoms. The zero-order valence-corrected chi connectivity index (χ0v) is 12.2. The van der Waals surface area contributed by atoms with Crippen LogP contribution in [0.1, 0.15) is 34.1 Å². The molecule has 0 radical (unpaired) electrons. The van der Waals surface area contributed by atoms with E-state index in [9.17, 15) is 0 Å². The molecule has 18 heavy (non-hydrogen) atoms. The number of hydrogen-bond acceptors (Lipinski definition) is 2. The zero-order valence-electron chi connectivity index (χ0n) is 12.2. The molecule has 0 aliphatic carbocycles. The molecule has 0 aromatic carbocycles. The van der Waals surface area contributed by atoms with Gasteiger partial charge in [0.25, 0.3) is 0 Å². The molecule has 2 rings (SSSR count). The van der Waals surface area contributed by atoms with Gasteiger partial charge in [0.1, 0.15) is 12.4 Å². The lowest BCUT2D eigenvalue weighted by Gasteiger charge is -2.08. The van der Waals surface area contributed by atoms with Crippen LogP contribution >= 0.6 is 0 Å². The highest BCUT2D eigenvalue weighted by Gasteiger charge is 2.21. The molecule has 2 aliphatic heterocycles. The summed E-state index contributed by atoms with van der Waals surface area (Å²) in [4.78, 5) is 0. The van der Waals surface area contributed by atoms with Crippen LogP contribution in [-0.2, 0) is 9.47 Å². The summed E-state index contributed by atoms with van der Waals surface area (Å²) in [6.45, 7) is 17.9. The van der Waals surface area contributed by atoms with Gasteiger partial charge in [-0.05, 0) is 23.5 Å². The van der Waals surface area contributed by atoms with Gasteiger partial charge in [-0.15, -0.1) is 0 Å². The van der Waals surface area contributed by atoms with E-state index in [2.05, 4.69) is 40.9 Å². The molecule has 102 valence electrons. The molecular formula is C16H26O2. The molecule has 1 saturated heterocycles. The van der Waals surface area contributed by atoms with E-state index in [0.29, 0.717) is 5.92 Å². The summed E-state index contributed by atoms with van der Waals surface area (Å²) in [6.07, 6.45) is 3.09. The Kier molecular flexibility index (Phi) is 5.52. The van der Waals surface area contributed by atoms with Crippen molar-refractivity contribution in [2.45, 2.75) is 34.1 Å². The Hall–Kier alpha value is -1.18. The first-order chi connectivity index (χ1) is 8.40. The first kappa shape index (κ1) is 14.9. The molecule has 0 amide bonds. The highest BCUT2D eigenvalue weighted by molar-refractivity contribution is 5.23. The van der Waals surface area contributed by atoms with Crippen molar-refractivity contribution in [3.8, 4) is 0 Å². The minimum atomic E-state index is 0.601. The third kappa shape index (κ3) is 4.59. The van der Waals surface area contributed by atoms with Gasteiger partial charge in [-0.3, -0.25) is 0 Å². The van der Waals surface area contributed by atoms with E-state index in [1.807, 2.05) is 6.08 Å². The minimum Gasteiger partial charge on any atom is -0.498 e. The first-order valence-electron chi connectivity index (χ1n) is 6.73.